The molecule has 3 heterocycles. The molecular weight excluding hydrogens is 318 g/mol. The van der Waals surface area contributed by atoms with Gasteiger partial charge in [0.15, 0.2) is 5.82 Å². The van der Waals surface area contributed by atoms with E-state index >= 15 is 0 Å². The molecule has 2 aromatic heterocycles. The van der Waals surface area contributed by atoms with Gasteiger partial charge < -0.3 is 4.90 Å². The van der Waals surface area contributed by atoms with E-state index in [1.807, 2.05) is 35.2 Å². The first-order valence-corrected chi connectivity index (χ1v) is 8.98. The van der Waals surface area contributed by atoms with Gasteiger partial charge in [0.2, 0.25) is 0 Å². The van der Waals surface area contributed by atoms with Gasteiger partial charge in [-0.3, -0.25) is 4.79 Å². The second kappa shape index (κ2) is 6.53. The van der Waals surface area contributed by atoms with E-state index in [-0.39, 0.29) is 11.9 Å². The van der Waals surface area contributed by atoms with Gasteiger partial charge in [-0.2, -0.15) is 11.3 Å². The lowest BCUT2D eigenvalue weighted by molar-refractivity contribution is 0.0735. The minimum atomic E-state index is 0.0170. The molecule has 4 rings (SSSR count). The standard InChI is InChI=1S/C19H17N3OS/c23-19(22-9-4-7-17(22)15-8-10-24-13-15)16-11-20-18(21-12-16)14-5-2-1-3-6-14/h1-3,5-6,8,10-13,17H,4,7,9H2/t17-/m0/s1. The molecule has 1 fully saturated rings. The Balaban J connectivity index is 1.56. The lowest BCUT2D eigenvalue weighted by Gasteiger charge is -2.24. The zero-order chi connectivity index (χ0) is 16.4. The van der Waals surface area contributed by atoms with Crippen molar-refractivity contribution >= 4 is 17.2 Å². The third kappa shape index (κ3) is 2.83. The van der Waals surface area contributed by atoms with Gasteiger partial charge in [-0.15, -0.1) is 0 Å². The SMILES string of the molecule is O=C(c1cnc(-c2ccccc2)nc1)N1CCC[C@H]1c1ccsc1. The predicted octanol–water partition coefficient (Wildman–Crippen LogP) is 4.18. The molecule has 120 valence electrons. The first-order valence-electron chi connectivity index (χ1n) is 8.03. The van der Waals surface area contributed by atoms with Crippen molar-refractivity contribution in [2.75, 3.05) is 6.54 Å². The molecule has 0 bridgehead atoms. The summed E-state index contributed by atoms with van der Waals surface area (Å²) in [7, 11) is 0. The van der Waals surface area contributed by atoms with E-state index in [0.717, 1.165) is 24.9 Å². The van der Waals surface area contributed by atoms with E-state index in [9.17, 15) is 4.79 Å². The molecule has 1 aliphatic rings. The monoisotopic (exact) mass is 335 g/mol. The van der Waals surface area contributed by atoms with Gasteiger partial charge in [0.1, 0.15) is 0 Å². The number of likely N-dealkylation sites (tertiary alicyclic amines) is 1. The summed E-state index contributed by atoms with van der Waals surface area (Å²) in [6, 6.07) is 12.1. The number of hydrogen-bond donors (Lipinski definition) is 0. The number of aromatic nitrogens is 2. The Morgan fingerprint density at radius 3 is 2.62 bits per heavy atom. The minimum Gasteiger partial charge on any atom is -0.331 e. The van der Waals surface area contributed by atoms with Crippen molar-refractivity contribution in [3.8, 4) is 11.4 Å². The van der Waals surface area contributed by atoms with Crippen molar-refractivity contribution in [2.24, 2.45) is 0 Å². The van der Waals surface area contributed by atoms with Crippen molar-refractivity contribution in [3.05, 3.63) is 70.7 Å². The molecule has 24 heavy (non-hydrogen) atoms. The molecule has 0 spiro atoms. The van der Waals surface area contributed by atoms with Crippen molar-refractivity contribution in [1.82, 2.24) is 14.9 Å². The Morgan fingerprint density at radius 2 is 1.92 bits per heavy atom. The molecule has 0 saturated carbocycles. The first kappa shape index (κ1) is 15.0. The van der Waals surface area contributed by atoms with E-state index in [4.69, 9.17) is 0 Å². The smallest absolute Gasteiger partial charge is 0.257 e. The largest absolute Gasteiger partial charge is 0.331 e. The molecule has 1 aliphatic heterocycles. The van der Waals surface area contributed by atoms with Crippen LogP contribution in [0.1, 0.15) is 34.8 Å². The van der Waals surface area contributed by atoms with Gasteiger partial charge in [-0.1, -0.05) is 30.3 Å². The number of thiophene rings is 1. The highest BCUT2D eigenvalue weighted by atomic mass is 32.1. The summed E-state index contributed by atoms with van der Waals surface area (Å²) >= 11 is 1.67. The molecule has 1 aromatic carbocycles. The number of rotatable bonds is 3. The van der Waals surface area contributed by atoms with E-state index in [1.165, 1.54) is 5.56 Å². The third-order valence-electron chi connectivity index (χ3n) is 4.37. The average Bonchev–Trinajstić information content (AvgIpc) is 3.33. The van der Waals surface area contributed by atoms with Crippen LogP contribution in [0.5, 0.6) is 0 Å². The fourth-order valence-corrected chi connectivity index (χ4v) is 3.87. The first-order chi connectivity index (χ1) is 11.8. The van der Waals surface area contributed by atoms with Crippen LogP contribution in [0.3, 0.4) is 0 Å². The molecule has 1 atom stereocenters. The molecule has 0 N–H and O–H groups in total. The topological polar surface area (TPSA) is 46.1 Å². The number of carbonyl (C=O) groups is 1. The Bertz CT molecular complexity index is 816. The highest BCUT2D eigenvalue weighted by Gasteiger charge is 2.31. The number of hydrogen-bond acceptors (Lipinski definition) is 4. The number of carbonyl (C=O) groups excluding carboxylic acids is 1. The lowest BCUT2D eigenvalue weighted by atomic mass is 10.1. The van der Waals surface area contributed by atoms with Gasteiger partial charge in [0.05, 0.1) is 11.6 Å². The lowest BCUT2D eigenvalue weighted by Crippen LogP contribution is -2.30. The normalized spacial score (nSPS) is 17.2. The Morgan fingerprint density at radius 1 is 1.12 bits per heavy atom. The van der Waals surface area contributed by atoms with E-state index in [0.29, 0.717) is 11.4 Å². The van der Waals surface area contributed by atoms with Crippen LogP contribution in [-0.4, -0.2) is 27.3 Å². The molecule has 0 aliphatic carbocycles. The van der Waals surface area contributed by atoms with Gasteiger partial charge in [-0.25, -0.2) is 9.97 Å². The van der Waals surface area contributed by atoms with Gasteiger partial charge >= 0.3 is 0 Å². The second-order valence-corrected chi connectivity index (χ2v) is 6.65. The molecule has 3 aromatic rings. The summed E-state index contributed by atoms with van der Waals surface area (Å²) in [4.78, 5) is 23.5. The third-order valence-corrected chi connectivity index (χ3v) is 5.07. The summed E-state index contributed by atoms with van der Waals surface area (Å²) in [5.41, 5.74) is 2.73. The Labute approximate surface area is 144 Å². The molecule has 0 unspecified atom stereocenters. The van der Waals surface area contributed by atoms with Crippen LogP contribution in [0.4, 0.5) is 0 Å². The summed E-state index contributed by atoms with van der Waals surface area (Å²) in [6.45, 7) is 0.791. The fourth-order valence-electron chi connectivity index (χ4n) is 3.16. The van der Waals surface area contributed by atoms with Gasteiger partial charge in [-0.05, 0) is 35.2 Å². The van der Waals surface area contributed by atoms with Crippen molar-refractivity contribution < 1.29 is 4.79 Å². The zero-order valence-corrected chi connectivity index (χ0v) is 13.9. The van der Waals surface area contributed by atoms with Crippen molar-refractivity contribution in [1.29, 1.82) is 0 Å². The van der Waals surface area contributed by atoms with Gasteiger partial charge in [0.25, 0.3) is 5.91 Å². The highest BCUT2D eigenvalue weighted by Crippen LogP contribution is 2.34. The number of amides is 1. The summed E-state index contributed by atoms with van der Waals surface area (Å²) < 4.78 is 0. The molecule has 4 nitrogen and oxygen atoms in total. The maximum absolute atomic E-state index is 12.8. The Hall–Kier alpha value is -2.53. The average molecular weight is 335 g/mol. The summed E-state index contributed by atoms with van der Waals surface area (Å²) in [6.07, 6.45) is 5.34. The maximum atomic E-state index is 12.8. The summed E-state index contributed by atoms with van der Waals surface area (Å²) in [5, 5.41) is 4.19. The van der Waals surface area contributed by atoms with Crippen molar-refractivity contribution in [3.63, 3.8) is 0 Å². The van der Waals surface area contributed by atoms with Crippen molar-refractivity contribution in [2.45, 2.75) is 18.9 Å². The van der Waals surface area contributed by atoms with Crippen LogP contribution in [0.25, 0.3) is 11.4 Å². The van der Waals surface area contributed by atoms with Crippen LogP contribution in [0, 0.1) is 0 Å². The number of benzene rings is 1. The zero-order valence-electron chi connectivity index (χ0n) is 13.1. The highest BCUT2D eigenvalue weighted by molar-refractivity contribution is 7.08. The van der Waals surface area contributed by atoms with E-state index < -0.39 is 0 Å². The van der Waals surface area contributed by atoms with Crippen LogP contribution < -0.4 is 0 Å². The van der Waals surface area contributed by atoms with Crippen LogP contribution >= 0.6 is 11.3 Å². The second-order valence-electron chi connectivity index (χ2n) is 5.87. The van der Waals surface area contributed by atoms with Crippen LogP contribution in [-0.2, 0) is 0 Å². The molecule has 0 radical (unpaired) electrons. The maximum Gasteiger partial charge on any atom is 0.257 e. The molecule has 5 heteroatoms. The molecule has 1 saturated heterocycles. The fraction of sp³-hybridized carbons (Fsp3) is 0.211. The molecule has 1 amide bonds. The molecular formula is C19H17N3OS. The van der Waals surface area contributed by atoms with E-state index in [2.05, 4.69) is 26.8 Å². The number of nitrogens with zero attached hydrogens (tertiary/aromatic N) is 3. The Kier molecular flexibility index (Phi) is 4.09. The quantitative estimate of drug-likeness (QED) is 0.721. The van der Waals surface area contributed by atoms with E-state index in [1.54, 1.807) is 23.7 Å². The summed E-state index contributed by atoms with van der Waals surface area (Å²) in [5.74, 6) is 0.659. The minimum absolute atomic E-state index is 0.0170. The van der Waals surface area contributed by atoms with Crippen LogP contribution in [0.15, 0.2) is 59.6 Å². The predicted molar refractivity (Wildman–Crippen MR) is 94.8 cm³/mol. The van der Waals surface area contributed by atoms with Gasteiger partial charge in [0, 0.05) is 24.5 Å². The van der Waals surface area contributed by atoms with Crippen LogP contribution in [0.2, 0.25) is 0 Å².